The van der Waals surface area contributed by atoms with E-state index in [4.69, 9.17) is 0 Å². The summed E-state index contributed by atoms with van der Waals surface area (Å²) in [4.78, 5) is 0. The summed E-state index contributed by atoms with van der Waals surface area (Å²) in [6.07, 6.45) is 2.32. The summed E-state index contributed by atoms with van der Waals surface area (Å²) < 4.78 is 0. The van der Waals surface area contributed by atoms with Gasteiger partial charge in [-0.05, 0) is 38.0 Å². The zero-order chi connectivity index (χ0) is 11.4. The van der Waals surface area contributed by atoms with Crippen LogP contribution in [0, 0.1) is 11.3 Å². The molecule has 0 fully saturated rings. The van der Waals surface area contributed by atoms with E-state index < -0.39 is 0 Å². The summed E-state index contributed by atoms with van der Waals surface area (Å²) in [5.41, 5.74) is 1.59. The smallest absolute Gasteiger partial charge is 0.0201 e. The van der Waals surface area contributed by atoms with Gasteiger partial charge in [0.15, 0.2) is 0 Å². The molecule has 0 rings (SSSR count). The summed E-state index contributed by atoms with van der Waals surface area (Å²) >= 11 is 0. The second-order valence-corrected chi connectivity index (χ2v) is 5.71. The first-order valence-electron chi connectivity index (χ1n) is 5.67. The molecule has 0 aromatic rings. The van der Waals surface area contributed by atoms with Crippen molar-refractivity contribution >= 4 is 0 Å². The van der Waals surface area contributed by atoms with Crippen LogP contribution < -0.4 is 5.32 Å². The first kappa shape index (κ1) is 13.5. The standard InChI is InChI=1S/C13H27N/c1-10(2)14-12(4)9-8-11(3)13(5,6)7/h10-11,14H,4,8-9H2,1-3,5-7H3. The summed E-state index contributed by atoms with van der Waals surface area (Å²) in [7, 11) is 0. The van der Waals surface area contributed by atoms with E-state index in [1.54, 1.807) is 0 Å². The summed E-state index contributed by atoms with van der Waals surface area (Å²) in [6.45, 7) is 17.6. The van der Waals surface area contributed by atoms with Crippen LogP contribution in [0.1, 0.15) is 54.4 Å². The highest BCUT2D eigenvalue weighted by Gasteiger charge is 2.19. The average Bonchev–Trinajstić information content (AvgIpc) is 1.96. The molecule has 0 amide bonds. The van der Waals surface area contributed by atoms with Gasteiger partial charge in [0.1, 0.15) is 0 Å². The fourth-order valence-corrected chi connectivity index (χ4v) is 1.30. The van der Waals surface area contributed by atoms with Crippen molar-refractivity contribution in [1.82, 2.24) is 5.32 Å². The molecule has 0 saturated heterocycles. The summed E-state index contributed by atoms with van der Waals surface area (Å²) in [5, 5.41) is 3.36. The highest BCUT2D eigenvalue weighted by atomic mass is 14.9. The van der Waals surface area contributed by atoms with Crippen LogP contribution in [0.25, 0.3) is 0 Å². The van der Waals surface area contributed by atoms with Crippen LogP contribution in [0.3, 0.4) is 0 Å². The van der Waals surface area contributed by atoms with Gasteiger partial charge in [-0.2, -0.15) is 0 Å². The molecule has 0 aliphatic rings. The van der Waals surface area contributed by atoms with E-state index in [0.29, 0.717) is 11.5 Å². The molecule has 1 unspecified atom stereocenters. The van der Waals surface area contributed by atoms with E-state index in [1.165, 1.54) is 12.1 Å². The first-order valence-corrected chi connectivity index (χ1v) is 5.67. The topological polar surface area (TPSA) is 12.0 Å². The van der Waals surface area contributed by atoms with Crippen LogP contribution in [0.15, 0.2) is 12.3 Å². The monoisotopic (exact) mass is 197 g/mol. The van der Waals surface area contributed by atoms with E-state index >= 15 is 0 Å². The van der Waals surface area contributed by atoms with Gasteiger partial charge in [0, 0.05) is 11.7 Å². The second-order valence-electron chi connectivity index (χ2n) is 5.71. The molecule has 0 bridgehead atoms. The molecule has 1 atom stereocenters. The molecule has 0 radical (unpaired) electrons. The van der Waals surface area contributed by atoms with Gasteiger partial charge in [0.05, 0.1) is 0 Å². The molecule has 0 saturated carbocycles. The van der Waals surface area contributed by atoms with Crippen molar-refractivity contribution < 1.29 is 0 Å². The summed E-state index contributed by atoms with van der Waals surface area (Å²) in [5.74, 6) is 0.744. The quantitative estimate of drug-likeness (QED) is 0.703. The average molecular weight is 197 g/mol. The van der Waals surface area contributed by atoms with Gasteiger partial charge in [-0.15, -0.1) is 0 Å². The lowest BCUT2D eigenvalue weighted by Crippen LogP contribution is -2.23. The van der Waals surface area contributed by atoms with E-state index in [-0.39, 0.29) is 0 Å². The maximum absolute atomic E-state index is 4.04. The third kappa shape index (κ3) is 6.06. The largest absolute Gasteiger partial charge is 0.387 e. The second kappa shape index (κ2) is 5.43. The predicted molar refractivity (Wildman–Crippen MR) is 65.3 cm³/mol. The highest BCUT2D eigenvalue weighted by Crippen LogP contribution is 2.29. The first-order chi connectivity index (χ1) is 6.23. The van der Waals surface area contributed by atoms with Gasteiger partial charge in [-0.1, -0.05) is 34.3 Å². The minimum absolute atomic E-state index is 0.415. The van der Waals surface area contributed by atoms with Gasteiger partial charge >= 0.3 is 0 Å². The maximum atomic E-state index is 4.04. The third-order valence-electron chi connectivity index (χ3n) is 2.85. The van der Waals surface area contributed by atoms with Crippen LogP contribution in [0.5, 0.6) is 0 Å². The van der Waals surface area contributed by atoms with Crippen LogP contribution in [-0.4, -0.2) is 6.04 Å². The Kier molecular flexibility index (Phi) is 5.25. The molecule has 0 aliphatic carbocycles. The Morgan fingerprint density at radius 1 is 1.21 bits per heavy atom. The van der Waals surface area contributed by atoms with Gasteiger partial charge in [-0.25, -0.2) is 0 Å². The Morgan fingerprint density at radius 2 is 1.71 bits per heavy atom. The highest BCUT2D eigenvalue weighted by molar-refractivity contribution is 4.93. The van der Waals surface area contributed by atoms with Crippen molar-refractivity contribution in [2.75, 3.05) is 0 Å². The third-order valence-corrected chi connectivity index (χ3v) is 2.85. The SMILES string of the molecule is C=C(CCC(C)C(C)(C)C)NC(C)C. The number of hydrogen-bond donors (Lipinski definition) is 1. The zero-order valence-corrected chi connectivity index (χ0v) is 10.8. The van der Waals surface area contributed by atoms with Crippen molar-refractivity contribution in [3.8, 4) is 0 Å². The van der Waals surface area contributed by atoms with Gasteiger partial charge < -0.3 is 5.32 Å². The van der Waals surface area contributed by atoms with Crippen LogP contribution in [0.2, 0.25) is 0 Å². The molecule has 1 heteroatoms. The minimum atomic E-state index is 0.415. The number of nitrogens with one attached hydrogen (secondary N) is 1. The molecule has 1 N–H and O–H groups in total. The Labute approximate surface area is 90.0 Å². The fourth-order valence-electron chi connectivity index (χ4n) is 1.30. The number of rotatable bonds is 5. The molecular weight excluding hydrogens is 170 g/mol. The summed E-state index contributed by atoms with van der Waals surface area (Å²) in [6, 6.07) is 0.507. The Hall–Kier alpha value is -0.460. The van der Waals surface area contributed by atoms with E-state index in [9.17, 15) is 0 Å². The van der Waals surface area contributed by atoms with Gasteiger partial charge in [0.25, 0.3) is 0 Å². The van der Waals surface area contributed by atoms with E-state index in [2.05, 4.69) is 53.4 Å². The van der Waals surface area contributed by atoms with E-state index in [0.717, 1.165) is 12.3 Å². The number of allylic oxidation sites excluding steroid dienone is 1. The molecule has 0 aromatic carbocycles. The van der Waals surface area contributed by atoms with Crippen LogP contribution in [0.4, 0.5) is 0 Å². The molecule has 0 aromatic heterocycles. The van der Waals surface area contributed by atoms with Gasteiger partial charge in [-0.3, -0.25) is 0 Å². The van der Waals surface area contributed by atoms with Crippen molar-refractivity contribution in [3.05, 3.63) is 12.3 Å². The Bertz CT molecular complexity index is 174. The van der Waals surface area contributed by atoms with Crippen molar-refractivity contribution in [1.29, 1.82) is 0 Å². The van der Waals surface area contributed by atoms with E-state index in [1.807, 2.05) is 0 Å². The molecule has 0 aliphatic heterocycles. The normalized spacial score (nSPS) is 14.2. The molecule has 84 valence electrons. The molecule has 0 heterocycles. The van der Waals surface area contributed by atoms with Crippen LogP contribution in [-0.2, 0) is 0 Å². The molecule has 0 spiro atoms. The van der Waals surface area contributed by atoms with Crippen molar-refractivity contribution in [2.45, 2.75) is 60.4 Å². The Balaban J connectivity index is 3.78. The minimum Gasteiger partial charge on any atom is -0.387 e. The lowest BCUT2D eigenvalue weighted by molar-refractivity contribution is 0.246. The maximum Gasteiger partial charge on any atom is 0.0201 e. The van der Waals surface area contributed by atoms with Gasteiger partial charge in [0.2, 0.25) is 0 Å². The molecule has 1 nitrogen and oxygen atoms in total. The van der Waals surface area contributed by atoms with Crippen molar-refractivity contribution in [3.63, 3.8) is 0 Å². The lowest BCUT2D eigenvalue weighted by atomic mass is 9.79. The lowest BCUT2D eigenvalue weighted by Gasteiger charge is -2.27. The van der Waals surface area contributed by atoms with Crippen molar-refractivity contribution in [2.24, 2.45) is 11.3 Å². The zero-order valence-electron chi connectivity index (χ0n) is 10.8. The molecular formula is C13H27N. The fraction of sp³-hybridized carbons (Fsp3) is 0.846. The Morgan fingerprint density at radius 3 is 2.07 bits per heavy atom. The predicted octanol–water partition coefficient (Wildman–Crippen LogP) is 3.96. The van der Waals surface area contributed by atoms with Crippen LogP contribution >= 0.6 is 0 Å². The number of hydrogen-bond acceptors (Lipinski definition) is 1. The molecule has 14 heavy (non-hydrogen) atoms.